The third kappa shape index (κ3) is 19.1. The van der Waals surface area contributed by atoms with E-state index in [9.17, 15) is 13.9 Å². The average Bonchev–Trinajstić information content (AvgIpc) is 2.12. The van der Waals surface area contributed by atoms with Gasteiger partial charge in [0.05, 0.1) is 6.42 Å². The zero-order valence-corrected chi connectivity index (χ0v) is 10.7. The summed E-state index contributed by atoms with van der Waals surface area (Å²) in [5.41, 5.74) is 0. The minimum absolute atomic E-state index is 0.240. The number of hydrogen-bond donors (Lipinski definition) is 3. The first kappa shape index (κ1) is 17.9. The van der Waals surface area contributed by atoms with Crippen molar-refractivity contribution in [3.8, 4) is 0 Å². The number of rotatable bonds is 6. The van der Waals surface area contributed by atoms with Crippen molar-refractivity contribution in [2.45, 2.75) is 13.3 Å². The second kappa shape index (κ2) is 11.0. The molecule has 0 heterocycles. The van der Waals surface area contributed by atoms with E-state index in [2.05, 4.69) is 4.31 Å². The normalized spacial score (nSPS) is 11.6. The molecule has 8 nitrogen and oxygen atoms in total. The lowest BCUT2D eigenvalue weighted by Crippen LogP contribution is -2.20. The maximum Gasteiger partial charge on any atom is 0.745 e. The van der Waals surface area contributed by atoms with Gasteiger partial charge in [0.2, 0.25) is 0 Å². The Morgan fingerprint density at radius 1 is 1.31 bits per heavy atom. The van der Waals surface area contributed by atoms with Gasteiger partial charge in [0.25, 0.3) is 0 Å². The van der Waals surface area contributed by atoms with Gasteiger partial charge in [-0.05, 0) is 13.6 Å². The first-order chi connectivity index (χ1) is 7.29. The van der Waals surface area contributed by atoms with Gasteiger partial charge in [-0.3, -0.25) is 4.79 Å². The number of carboxylic acids is 1. The summed E-state index contributed by atoms with van der Waals surface area (Å²) < 4.78 is 22.2. The summed E-state index contributed by atoms with van der Waals surface area (Å²) in [5.74, 6) is -0.727. The van der Waals surface area contributed by atoms with Crippen LogP contribution in [-0.2, 0) is 18.2 Å². The van der Waals surface area contributed by atoms with Gasteiger partial charge < -0.3 is 10.0 Å². The molecule has 10 heteroatoms. The molecule has 0 aromatic rings. The summed E-state index contributed by atoms with van der Waals surface area (Å²) in [4.78, 5) is 27.3. The summed E-state index contributed by atoms with van der Waals surface area (Å²) in [5, 5.41) is 8.23. The summed E-state index contributed by atoms with van der Waals surface area (Å²) in [6, 6.07) is 0. The molecule has 0 aliphatic rings. The lowest BCUT2D eigenvalue weighted by molar-refractivity contribution is -0.137. The molecule has 0 radical (unpaired) electrons. The number of carboxylic acid groups (broad SMARTS) is 1. The van der Waals surface area contributed by atoms with Gasteiger partial charge in [-0.25, -0.2) is 0 Å². The van der Waals surface area contributed by atoms with Crippen LogP contribution in [0.5, 0.6) is 0 Å². The lowest BCUT2D eigenvalue weighted by atomic mass is 10.4. The quantitative estimate of drug-likeness (QED) is 0.605. The van der Waals surface area contributed by atoms with Crippen molar-refractivity contribution < 1.29 is 33.1 Å². The highest BCUT2D eigenvalue weighted by Gasteiger charge is 2.31. The minimum atomic E-state index is -2.92. The third-order valence-electron chi connectivity index (χ3n) is 1.39. The molecule has 3 N–H and O–H groups in total. The molecule has 0 bridgehead atoms. The SMILES string of the molecule is CCN(C)CCC(=O)O.O=[P+](O)O[P+](=O)O. The van der Waals surface area contributed by atoms with Crippen molar-refractivity contribution in [3.63, 3.8) is 0 Å². The van der Waals surface area contributed by atoms with E-state index in [1.54, 1.807) is 0 Å². The topological polar surface area (TPSA) is 124 Å². The molecule has 0 rings (SSSR count). The van der Waals surface area contributed by atoms with Crippen LogP contribution in [0.3, 0.4) is 0 Å². The van der Waals surface area contributed by atoms with E-state index in [0.29, 0.717) is 6.54 Å². The molecule has 0 fully saturated rings. The fraction of sp³-hybridized carbons (Fsp3) is 0.833. The Bertz CT molecular complexity index is 235. The largest absolute Gasteiger partial charge is 0.745 e. The molecule has 0 spiro atoms. The highest BCUT2D eigenvalue weighted by molar-refractivity contribution is 7.46. The molecule has 0 aromatic heterocycles. The van der Waals surface area contributed by atoms with Crippen LogP contribution in [0.1, 0.15) is 13.3 Å². The van der Waals surface area contributed by atoms with Gasteiger partial charge >= 0.3 is 22.5 Å². The van der Waals surface area contributed by atoms with Crippen molar-refractivity contribution in [1.82, 2.24) is 4.90 Å². The monoisotopic (exact) mass is 275 g/mol. The van der Waals surface area contributed by atoms with Crippen LogP contribution in [0.2, 0.25) is 0 Å². The molecule has 2 unspecified atom stereocenters. The molecule has 16 heavy (non-hydrogen) atoms. The third-order valence-corrected chi connectivity index (χ3v) is 2.50. The number of nitrogens with zero attached hydrogens (tertiary/aromatic N) is 1. The molecule has 0 aliphatic heterocycles. The van der Waals surface area contributed by atoms with Crippen LogP contribution in [-0.4, -0.2) is 45.9 Å². The van der Waals surface area contributed by atoms with E-state index in [0.717, 1.165) is 6.54 Å². The molecule has 0 saturated carbocycles. The number of carbonyl (C=O) groups is 1. The smallest absolute Gasteiger partial charge is 0.481 e. The van der Waals surface area contributed by atoms with E-state index >= 15 is 0 Å². The van der Waals surface area contributed by atoms with Gasteiger partial charge in [0.15, 0.2) is 4.31 Å². The van der Waals surface area contributed by atoms with Gasteiger partial charge in [-0.15, -0.1) is 9.79 Å². The molecule has 0 aromatic carbocycles. The second-order valence-electron chi connectivity index (χ2n) is 2.60. The van der Waals surface area contributed by atoms with Crippen LogP contribution < -0.4 is 0 Å². The average molecular weight is 275 g/mol. The summed E-state index contributed by atoms with van der Waals surface area (Å²) in [6.07, 6.45) is 0.240. The van der Waals surface area contributed by atoms with E-state index in [1.807, 2.05) is 18.9 Å². The Balaban J connectivity index is 0. The van der Waals surface area contributed by atoms with Gasteiger partial charge in [-0.1, -0.05) is 6.92 Å². The summed E-state index contributed by atoms with van der Waals surface area (Å²) in [6.45, 7) is 3.56. The predicted molar refractivity (Wildman–Crippen MR) is 56.2 cm³/mol. The molecule has 0 saturated heterocycles. The first-order valence-corrected chi connectivity index (χ1v) is 6.46. The van der Waals surface area contributed by atoms with Crippen LogP contribution in [0, 0.1) is 0 Å². The standard InChI is InChI=1S/C6H13NO2.O5P2/c1-3-7(2)5-4-6(8)9;1-6(2)5-7(3)4/h3-5H2,1-2H3,(H,8,9);/p+2. The fourth-order valence-corrected chi connectivity index (χ4v) is 0.982. The Kier molecular flexibility index (Phi) is 12.3. The van der Waals surface area contributed by atoms with E-state index in [-0.39, 0.29) is 6.42 Å². The zero-order valence-electron chi connectivity index (χ0n) is 8.94. The maximum absolute atomic E-state index is 9.99. The van der Waals surface area contributed by atoms with Crippen LogP contribution >= 0.6 is 16.5 Å². The molecular formula is C6H15NO7P2+2. The second-order valence-corrected chi connectivity index (χ2v) is 4.20. The van der Waals surface area contributed by atoms with Crippen LogP contribution in [0.4, 0.5) is 0 Å². The minimum Gasteiger partial charge on any atom is -0.481 e. The Morgan fingerprint density at radius 2 is 1.75 bits per heavy atom. The zero-order chi connectivity index (χ0) is 13.1. The number of aliphatic carboxylic acids is 1. The summed E-state index contributed by atoms with van der Waals surface area (Å²) in [7, 11) is -3.94. The van der Waals surface area contributed by atoms with Crippen LogP contribution in [0.25, 0.3) is 0 Å². The molecule has 2 atom stereocenters. The van der Waals surface area contributed by atoms with Crippen molar-refractivity contribution in [1.29, 1.82) is 0 Å². The van der Waals surface area contributed by atoms with Gasteiger partial charge in [0.1, 0.15) is 0 Å². The van der Waals surface area contributed by atoms with Crippen molar-refractivity contribution in [2.24, 2.45) is 0 Å². The molecule has 94 valence electrons. The maximum atomic E-state index is 9.99. The van der Waals surface area contributed by atoms with Crippen LogP contribution in [0.15, 0.2) is 0 Å². The van der Waals surface area contributed by atoms with E-state index in [4.69, 9.17) is 14.9 Å². The fourth-order valence-electron chi connectivity index (χ4n) is 0.504. The molecule has 0 aliphatic carbocycles. The highest BCUT2D eigenvalue weighted by atomic mass is 31.2. The number of hydrogen-bond acceptors (Lipinski definition) is 5. The van der Waals surface area contributed by atoms with E-state index < -0.39 is 22.5 Å². The molecule has 0 amide bonds. The Labute approximate surface area is 94.7 Å². The Morgan fingerprint density at radius 3 is 1.94 bits per heavy atom. The lowest BCUT2D eigenvalue weighted by Gasteiger charge is -2.10. The van der Waals surface area contributed by atoms with Crippen molar-refractivity contribution in [3.05, 3.63) is 0 Å². The highest BCUT2D eigenvalue weighted by Crippen LogP contribution is 2.30. The van der Waals surface area contributed by atoms with Crippen molar-refractivity contribution >= 4 is 22.5 Å². The Hall–Kier alpha value is -0.490. The van der Waals surface area contributed by atoms with Crippen molar-refractivity contribution in [2.75, 3.05) is 20.1 Å². The summed E-state index contributed by atoms with van der Waals surface area (Å²) >= 11 is 0. The van der Waals surface area contributed by atoms with E-state index in [1.165, 1.54) is 0 Å². The first-order valence-electron chi connectivity index (χ1n) is 4.20. The van der Waals surface area contributed by atoms with Gasteiger partial charge in [0, 0.05) is 15.7 Å². The molecular weight excluding hydrogens is 260 g/mol. The van der Waals surface area contributed by atoms with Gasteiger partial charge in [-0.2, -0.15) is 0 Å². The predicted octanol–water partition coefficient (Wildman–Crippen LogP) is 0.715.